The molecule has 0 unspecified atom stereocenters. The van der Waals surface area contributed by atoms with E-state index in [1.165, 1.54) is 12.0 Å². The smallest absolute Gasteiger partial charge is 0.247 e. The number of amides is 2. The van der Waals surface area contributed by atoms with Gasteiger partial charge in [0.2, 0.25) is 11.8 Å². The van der Waals surface area contributed by atoms with Crippen LogP contribution in [0.1, 0.15) is 48.3 Å². The van der Waals surface area contributed by atoms with Crippen LogP contribution in [0.3, 0.4) is 0 Å². The van der Waals surface area contributed by atoms with Crippen LogP contribution in [0.2, 0.25) is 10.0 Å². The molecule has 226 valence electrons. The number of allylic oxidation sites excluding steroid dienone is 1. The molecule has 4 atom stereocenters. The Morgan fingerprint density at radius 2 is 1.93 bits per heavy atom. The summed E-state index contributed by atoms with van der Waals surface area (Å²) in [5.74, 6) is -0.670. The van der Waals surface area contributed by atoms with E-state index in [1.54, 1.807) is 42.5 Å². The highest BCUT2D eigenvalue weighted by atomic mass is 35.5. The molecule has 42 heavy (non-hydrogen) atoms. The van der Waals surface area contributed by atoms with Crippen molar-refractivity contribution >= 4 is 35.0 Å². The fraction of sp³-hybridized carbons (Fsp3) is 0.419. The third-order valence-electron chi connectivity index (χ3n) is 7.56. The number of hydrogen-bond acceptors (Lipinski definition) is 7. The van der Waals surface area contributed by atoms with E-state index in [2.05, 4.69) is 11.9 Å². The van der Waals surface area contributed by atoms with Crippen molar-refractivity contribution in [2.45, 2.75) is 63.0 Å². The molecule has 2 amide bonds. The lowest BCUT2D eigenvalue weighted by atomic mass is 9.77. The largest absolute Gasteiger partial charge is 0.493 e. The van der Waals surface area contributed by atoms with Crippen molar-refractivity contribution < 1.29 is 34.4 Å². The van der Waals surface area contributed by atoms with E-state index < -0.39 is 30.1 Å². The number of fused-ring (bicyclic) bond motifs is 3. The van der Waals surface area contributed by atoms with Gasteiger partial charge in [-0.05, 0) is 60.7 Å². The van der Waals surface area contributed by atoms with Crippen LogP contribution in [0.5, 0.6) is 11.5 Å². The van der Waals surface area contributed by atoms with E-state index in [0.29, 0.717) is 44.7 Å². The fourth-order valence-electron chi connectivity index (χ4n) is 5.52. The molecule has 11 heteroatoms. The summed E-state index contributed by atoms with van der Waals surface area (Å²) in [6.45, 7) is 3.33. The number of rotatable bonds is 13. The first-order valence-corrected chi connectivity index (χ1v) is 14.6. The number of aliphatic hydroxyl groups excluding tert-OH is 3. The molecule has 0 radical (unpaired) electrons. The lowest BCUT2D eigenvalue weighted by Crippen LogP contribution is -2.55. The van der Waals surface area contributed by atoms with Crippen molar-refractivity contribution in [1.82, 2.24) is 10.2 Å². The Balaban J connectivity index is 1.78. The number of nitrogens with zero attached hydrogens (tertiary/aromatic N) is 1. The Kier molecular flexibility index (Phi) is 10.9. The van der Waals surface area contributed by atoms with Gasteiger partial charge in [0.1, 0.15) is 12.2 Å². The van der Waals surface area contributed by atoms with Gasteiger partial charge in [0.05, 0.1) is 42.3 Å². The van der Waals surface area contributed by atoms with E-state index >= 15 is 0 Å². The fourth-order valence-corrected chi connectivity index (χ4v) is 5.84. The molecule has 1 aliphatic heterocycles. The lowest BCUT2D eigenvalue weighted by molar-refractivity contribution is -0.138. The minimum atomic E-state index is -1.22. The molecule has 0 spiro atoms. The Labute approximate surface area is 255 Å². The van der Waals surface area contributed by atoms with Gasteiger partial charge in [0.25, 0.3) is 0 Å². The van der Waals surface area contributed by atoms with Gasteiger partial charge in [-0.1, -0.05) is 35.3 Å². The number of aliphatic hydroxyl groups is 3. The molecule has 2 aromatic rings. The summed E-state index contributed by atoms with van der Waals surface area (Å²) in [6, 6.07) is 7.50. The average molecular weight is 620 g/mol. The molecule has 0 aromatic heterocycles. The van der Waals surface area contributed by atoms with Gasteiger partial charge in [-0.25, -0.2) is 0 Å². The predicted octanol–water partition coefficient (Wildman–Crippen LogP) is 3.89. The van der Waals surface area contributed by atoms with E-state index in [9.17, 15) is 24.9 Å². The number of benzene rings is 2. The number of carbonyl (C=O) groups excluding carboxylic acids is 2. The SMILES string of the molecule is C=CCCCCC(=O)N(Cc1ccc(Cl)c(Cl)c1)[C@@H]1C=C(C(=O)NCCO)[C@@H]2c3cc(CO)cc(OC)c3O[C@@H]2[C@H]1O. The number of methoxy groups -OCH3 is 1. The first-order chi connectivity index (χ1) is 20.2. The standard InChI is InChI=1S/C31H36Cl2N2O7/c1-3-4-5-6-7-26(38)35(16-18-8-9-22(32)23(33)13-18)24-15-21(31(40)34-10-11-36)27-20-12-19(17-37)14-25(41-2)29(20)42-30(27)28(24)39/h3,8-9,12-15,24,27-28,30,36-37,39H,1,4-7,10-11,16-17H2,2H3,(H,34,40)/t24-,27+,28+,30+/m1/s1. The van der Waals surface area contributed by atoms with Crippen molar-refractivity contribution in [1.29, 1.82) is 0 Å². The number of nitrogens with one attached hydrogen (secondary N) is 1. The van der Waals surface area contributed by atoms with Crippen LogP contribution in [0.15, 0.2) is 54.6 Å². The third kappa shape index (κ3) is 6.76. The summed E-state index contributed by atoms with van der Waals surface area (Å²) >= 11 is 12.4. The summed E-state index contributed by atoms with van der Waals surface area (Å²) < 4.78 is 11.8. The third-order valence-corrected chi connectivity index (χ3v) is 8.30. The molecule has 9 nitrogen and oxygen atoms in total. The Morgan fingerprint density at radius 1 is 1.14 bits per heavy atom. The van der Waals surface area contributed by atoms with E-state index in [1.807, 2.05) is 0 Å². The maximum absolute atomic E-state index is 13.7. The topological polar surface area (TPSA) is 129 Å². The Bertz CT molecular complexity index is 1350. The second-order valence-corrected chi connectivity index (χ2v) is 11.1. The van der Waals surface area contributed by atoms with Gasteiger partial charge >= 0.3 is 0 Å². The average Bonchev–Trinajstić information content (AvgIpc) is 3.38. The molecule has 4 N–H and O–H groups in total. The highest BCUT2D eigenvalue weighted by Gasteiger charge is 2.51. The molecule has 0 saturated heterocycles. The quantitative estimate of drug-likeness (QED) is 0.198. The zero-order chi connectivity index (χ0) is 30.4. The Morgan fingerprint density at radius 3 is 2.60 bits per heavy atom. The summed E-state index contributed by atoms with van der Waals surface area (Å²) in [4.78, 5) is 28.8. The number of carbonyl (C=O) groups is 2. The lowest BCUT2D eigenvalue weighted by Gasteiger charge is -2.41. The van der Waals surface area contributed by atoms with E-state index in [-0.39, 0.29) is 44.2 Å². The second kappa shape index (κ2) is 14.4. The maximum Gasteiger partial charge on any atom is 0.247 e. The van der Waals surface area contributed by atoms with Crippen LogP contribution in [-0.2, 0) is 22.7 Å². The zero-order valence-electron chi connectivity index (χ0n) is 23.4. The molecule has 0 bridgehead atoms. The molecule has 2 aliphatic rings. The van der Waals surface area contributed by atoms with Gasteiger partial charge < -0.3 is 35.0 Å². The van der Waals surface area contributed by atoms with Crippen LogP contribution in [0.25, 0.3) is 0 Å². The first kappa shape index (κ1) is 31.8. The van der Waals surface area contributed by atoms with Gasteiger partial charge in [-0.2, -0.15) is 0 Å². The van der Waals surface area contributed by atoms with Crippen molar-refractivity contribution in [3.63, 3.8) is 0 Å². The number of hydrogen-bond donors (Lipinski definition) is 4. The zero-order valence-corrected chi connectivity index (χ0v) is 24.9. The summed E-state index contributed by atoms with van der Waals surface area (Å²) in [7, 11) is 1.47. The minimum absolute atomic E-state index is 0.0176. The molecule has 2 aromatic carbocycles. The first-order valence-electron chi connectivity index (χ1n) is 13.8. The van der Waals surface area contributed by atoms with Crippen molar-refractivity contribution in [3.05, 3.63) is 81.4 Å². The van der Waals surface area contributed by atoms with Crippen LogP contribution in [0.4, 0.5) is 0 Å². The van der Waals surface area contributed by atoms with Crippen molar-refractivity contribution in [2.24, 2.45) is 0 Å². The van der Waals surface area contributed by atoms with Crippen LogP contribution >= 0.6 is 23.2 Å². The van der Waals surface area contributed by atoms with Gasteiger partial charge in [0, 0.05) is 30.6 Å². The molecule has 4 rings (SSSR count). The van der Waals surface area contributed by atoms with Gasteiger partial charge in [0.15, 0.2) is 11.5 Å². The number of ether oxygens (including phenoxy) is 2. The number of halogens is 2. The highest BCUT2D eigenvalue weighted by Crippen LogP contribution is 2.51. The van der Waals surface area contributed by atoms with Crippen LogP contribution in [-0.4, -0.2) is 70.5 Å². The number of unbranched alkanes of at least 4 members (excludes halogenated alkanes) is 2. The molecule has 1 heterocycles. The summed E-state index contributed by atoms with van der Waals surface area (Å²) in [6.07, 6.45) is 3.65. The molecular weight excluding hydrogens is 583 g/mol. The van der Waals surface area contributed by atoms with Crippen LogP contribution in [0, 0.1) is 0 Å². The van der Waals surface area contributed by atoms with Crippen molar-refractivity contribution in [2.75, 3.05) is 20.3 Å². The Hall–Kier alpha value is -3.08. The summed E-state index contributed by atoms with van der Waals surface area (Å²) in [5, 5.41) is 34.4. The van der Waals surface area contributed by atoms with Gasteiger partial charge in [-0.15, -0.1) is 6.58 Å². The van der Waals surface area contributed by atoms with Gasteiger partial charge in [-0.3, -0.25) is 9.59 Å². The molecule has 0 fully saturated rings. The summed E-state index contributed by atoms with van der Waals surface area (Å²) in [5.41, 5.74) is 2.11. The highest BCUT2D eigenvalue weighted by molar-refractivity contribution is 6.42. The molecule has 0 saturated carbocycles. The monoisotopic (exact) mass is 618 g/mol. The molecular formula is C31H36Cl2N2O7. The van der Waals surface area contributed by atoms with E-state index in [4.69, 9.17) is 32.7 Å². The normalized spacial score (nSPS) is 20.6. The minimum Gasteiger partial charge on any atom is -0.493 e. The maximum atomic E-state index is 13.7. The molecule has 1 aliphatic carbocycles. The van der Waals surface area contributed by atoms with Crippen LogP contribution < -0.4 is 14.8 Å². The van der Waals surface area contributed by atoms with Crippen molar-refractivity contribution in [3.8, 4) is 11.5 Å². The van der Waals surface area contributed by atoms with E-state index in [0.717, 1.165) is 12.8 Å². The second-order valence-electron chi connectivity index (χ2n) is 10.3. The predicted molar refractivity (Wildman–Crippen MR) is 160 cm³/mol.